The molecule has 3 rings (SSSR count). The molecule has 0 bridgehead atoms. The first-order chi connectivity index (χ1) is 9.34. The number of aromatic nitrogens is 6. The Bertz CT molecular complexity index is 636. The first-order valence-corrected chi connectivity index (χ1v) is 7.37. The fourth-order valence-corrected chi connectivity index (χ4v) is 3.33. The van der Waals surface area contributed by atoms with Gasteiger partial charge in [-0.05, 0) is 29.5 Å². The van der Waals surface area contributed by atoms with Crippen molar-refractivity contribution < 1.29 is 0 Å². The highest BCUT2D eigenvalue weighted by Crippen LogP contribution is 2.34. The van der Waals surface area contributed by atoms with Crippen LogP contribution < -0.4 is 0 Å². The highest BCUT2D eigenvalue weighted by molar-refractivity contribution is 8.01. The van der Waals surface area contributed by atoms with E-state index >= 15 is 0 Å². The van der Waals surface area contributed by atoms with Gasteiger partial charge in [-0.1, -0.05) is 41.3 Å². The number of para-hydroxylation sites is 1. The fraction of sp³-hybridized carbons (Fsp3) is 0.182. The predicted octanol–water partition coefficient (Wildman–Crippen LogP) is 2.37. The van der Waals surface area contributed by atoms with Gasteiger partial charge in [-0.15, -0.1) is 15.3 Å². The zero-order valence-electron chi connectivity index (χ0n) is 10.0. The lowest BCUT2D eigenvalue weighted by molar-refractivity contribution is 0.762. The summed E-state index contributed by atoms with van der Waals surface area (Å²) < 4.78 is 2.66. The van der Waals surface area contributed by atoms with E-state index in [4.69, 9.17) is 0 Å². The quantitative estimate of drug-likeness (QED) is 0.687. The van der Waals surface area contributed by atoms with Crippen molar-refractivity contribution in [2.45, 2.75) is 16.5 Å². The summed E-state index contributed by atoms with van der Waals surface area (Å²) in [5, 5.41) is 19.9. The minimum atomic E-state index is 0.100. The maximum absolute atomic E-state index is 4.11. The molecule has 0 aliphatic heterocycles. The van der Waals surface area contributed by atoms with Crippen molar-refractivity contribution in [1.82, 2.24) is 30.4 Å². The summed E-state index contributed by atoms with van der Waals surface area (Å²) in [6.07, 6.45) is 0. The van der Waals surface area contributed by atoms with Gasteiger partial charge in [0.2, 0.25) is 0 Å². The second-order valence-electron chi connectivity index (χ2n) is 3.75. The average Bonchev–Trinajstić information content (AvgIpc) is 3.10. The molecule has 3 aromatic rings. The van der Waals surface area contributed by atoms with Crippen molar-refractivity contribution in [1.29, 1.82) is 0 Å². The Morgan fingerprint density at radius 2 is 2.05 bits per heavy atom. The van der Waals surface area contributed by atoms with E-state index in [2.05, 4.69) is 32.6 Å². The average molecular weight is 290 g/mol. The third-order valence-corrected chi connectivity index (χ3v) is 4.38. The van der Waals surface area contributed by atoms with Gasteiger partial charge in [-0.3, -0.25) is 0 Å². The monoisotopic (exact) mass is 290 g/mol. The zero-order chi connectivity index (χ0) is 13.1. The Hall–Kier alpha value is -1.80. The van der Waals surface area contributed by atoms with Gasteiger partial charge in [0.25, 0.3) is 0 Å². The summed E-state index contributed by atoms with van der Waals surface area (Å²) in [6, 6.07) is 9.84. The number of tetrazole rings is 1. The van der Waals surface area contributed by atoms with Crippen LogP contribution >= 0.6 is 23.1 Å². The number of hydrogen-bond acceptors (Lipinski definition) is 7. The van der Waals surface area contributed by atoms with E-state index in [0.29, 0.717) is 0 Å². The molecule has 0 N–H and O–H groups in total. The van der Waals surface area contributed by atoms with E-state index in [1.165, 1.54) is 11.3 Å². The molecule has 0 amide bonds. The molecule has 0 aliphatic carbocycles. The van der Waals surface area contributed by atoms with Gasteiger partial charge in [0, 0.05) is 0 Å². The van der Waals surface area contributed by atoms with Gasteiger partial charge < -0.3 is 0 Å². The van der Waals surface area contributed by atoms with Crippen molar-refractivity contribution in [2.24, 2.45) is 0 Å². The molecule has 96 valence electrons. The molecule has 0 radical (unpaired) electrons. The van der Waals surface area contributed by atoms with Gasteiger partial charge in [0.1, 0.15) is 5.51 Å². The van der Waals surface area contributed by atoms with E-state index in [-0.39, 0.29) is 5.25 Å². The van der Waals surface area contributed by atoms with Gasteiger partial charge in [0.15, 0.2) is 10.2 Å². The van der Waals surface area contributed by atoms with E-state index in [1.807, 2.05) is 30.3 Å². The van der Waals surface area contributed by atoms with E-state index in [9.17, 15) is 0 Å². The van der Waals surface area contributed by atoms with Gasteiger partial charge >= 0.3 is 0 Å². The van der Waals surface area contributed by atoms with Crippen LogP contribution in [0, 0.1) is 0 Å². The van der Waals surface area contributed by atoms with Crippen LogP contribution in [-0.2, 0) is 0 Å². The highest BCUT2D eigenvalue weighted by Gasteiger charge is 2.18. The molecule has 0 fully saturated rings. The molecule has 2 aromatic heterocycles. The van der Waals surface area contributed by atoms with Crippen molar-refractivity contribution in [2.75, 3.05) is 0 Å². The van der Waals surface area contributed by atoms with Crippen LogP contribution in [0.3, 0.4) is 0 Å². The summed E-state index contributed by atoms with van der Waals surface area (Å²) >= 11 is 3.11. The van der Waals surface area contributed by atoms with E-state index < -0.39 is 0 Å². The van der Waals surface area contributed by atoms with Crippen LogP contribution in [0.2, 0.25) is 0 Å². The fourth-order valence-electron chi connectivity index (χ4n) is 1.62. The Labute approximate surface area is 117 Å². The number of nitrogens with zero attached hydrogens (tertiary/aromatic N) is 6. The van der Waals surface area contributed by atoms with Crippen molar-refractivity contribution >= 4 is 23.1 Å². The van der Waals surface area contributed by atoms with Crippen LogP contribution in [0.15, 0.2) is 40.2 Å². The molecule has 1 atom stereocenters. The molecule has 0 saturated carbocycles. The molecule has 0 aliphatic rings. The first kappa shape index (κ1) is 12.2. The Morgan fingerprint density at radius 1 is 1.21 bits per heavy atom. The number of rotatable bonds is 4. The highest BCUT2D eigenvalue weighted by atomic mass is 32.2. The van der Waals surface area contributed by atoms with Crippen LogP contribution in [0.25, 0.3) is 5.69 Å². The van der Waals surface area contributed by atoms with Crippen molar-refractivity contribution in [3.63, 3.8) is 0 Å². The lowest BCUT2D eigenvalue weighted by atomic mass is 10.3. The van der Waals surface area contributed by atoms with Gasteiger partial charge in [0.05, 0.1) is 10.9 Å². The SMILES string of the molecule is C[C@H](Sc1nncs1)c1nnnn1-c1ccccc1. The largest absolute Gasteiger partial charge is 0.196 e. The summed E-state index contributed by atoms with van der Waals surface area (Å²) in [5.41, 5.74) is 2.67. The van der Waals surface area contributed by atoms with Gasteiger partial charge in [-0.2, -0.15) is 4.68 Å². The summed E-state index contributed by atoms with van der Waals surface area (Å²) in [4.78, 5) is 0. The van der Waals surface area contributed by atoms with E-state index in [1.54, 1.807) is 22.0 Å². The third kappa shape index (κ3) is 2.64. The maximum Gasteiger partial charge on any atom is 0.174 e. The van der Waals surface area contributed by atoms with Crippen LogP contribution in [0.1, 0.15) is 18.0 Å². The maximum atomic E-state index is 4.11. The van der Waals surface area contributed by atoms with Crippen molar-refractivity contribution in [3.05, 3.63) is 41.7 Å². The normalized spacial score (nSPS) is 12.5. The Morgan fingerprint density at radius 3 is 2.79 bits per heavy atom. The van der Waals surface area contributed by atoms with E-state index in [0.717, 1.165) is 15.9 Å². The minimum absolute atomic E-state index is 0.100. The zero-order valence-corrected chi connectivity index (χ0v) is 11.7. The van der Waals surface area contributed by atoms with Crippen LogP contribution in [-0.4, -0.2) is 30.4 Å². The molecular formula is C11H10N6S2. The lowest BCUT2D eigenvalue weighted by Gasteiger charge is -2.09. The lowest BCUT2D eigenvalue weighted by Crippen LogP contribution is -2.04. The summed E-state index contributed by atoms with van der Waals surface area (Å²) in [5.74, 6) is 0.798. The summed E-state index contributed by atoms with van der Waals surface area (Å²) in [7, 11) is 0. The first-order valence-electron chi connectivity index (χ1n) is 5.61. The number of benzene rings is 1. The standard InChI is InChI=1S/C11H10N6S2/c1-8(19-11-14-12-7-18-11)10-13-15-16-17(10)9-5-3-2-4-6-9/h2-8H,1H3/t8-/m0/s1. The Balaban J connectivity index is 1.88. The van der Waals surface area contributed by atoms with Crippen LogP contribution in [0.5, 0.6) is 0 Å². The molecule has 8 heteroatoms. The molecule has 19 heavy (non-hydrogen) atoms. The second kappa shape index (κ2) is 5.45. The molecule has 2 heterocycles. The molecular weight excluding hydrogens is 280 g/mol. The number of thioether (sulfide) groups is 1. The Kier molecular flexibility index (Phi) is 3.51. The second-order valence-corrected chi connectivity index (χ2v) is 6.17. The predicted molar refractivity (Wildman–Crippen MR) is 73.3 cm³/mol. The molecule has 6 nitrogen and oxygen atoms in total. The molecule has 0 saturated heterocycles. The molecule has 1 aromatic carbocycles. The van der Waals surface area contributed by atoms with Crippen LogP contribution in [0.4, 0.5) is 0 Å². The minimum Gasteiger partial charge on any atom is -0.196 e. The molecule has 0 spiro atoms. The summed E-state index contributed by atoms with van der Waals surface area (Å²) in [6.45, 7) is 2.05. The topological polar surface area (TPSA) is 69.4 Å². The van der Waals surface area contributed by atoms with Crippen molar-refractivity contribution in [3.8, 4) is 5.69 Å². The van der Waals surface area contributed by atoms with Gasteiger partial charge in [-0.25, -0.2) is 0 Å². The molecule has 0 unspecified atom stereocenters. The number of hydrogen-bond donors (Lipinski definition) is 0. The third-order valence-electron chi connectivity index (χ3n) is 2.48. The smallest absolute Gasteiger partial charge is 0.174 e.